The van der Waals surface area contributed by atoms with Gasteiger partial charge >= 0.3 is 0 Å². The van der Waals surface area contributed by atoms with Crippen LogP contribution in [-0.4, -0.2) is 11.9 Å². The predicted molar refractivity (Wildman–Crippen MR) is 57.0 cm³/mol. The van der Waals surface area contributed by atoms with Crippen molar-refractivity contribution in [3.63, 3.8) is 0 Å². The molecule has 0 aromatic heterocycles. The first-order valence-electron chi connectivity index (χ1n) is 4.78. The summed E-state index contributed by atoms with van der Waals surface area (Å²) >= 11 is 0. The van der Waals surface area contributed by atoms with E-state index in [1.54, 1.807) is 0 Å². The van der Waals surface area contributed by atoms with E-state index in [-0.39, 0.29) is 6.10 Å². The van der Waals surface area contributed by atoms with Crippen LogP contribution in [-0.2, 0) is 0 Å². The van der Waals surface area contributed by atoms with Gasteiger partial charge in [-0.05, 0) is 18.1 Å². The molecule has 0 radical (unpaired) electrons. The van der Waals surface area contributed by atoms with Crippen LogP contribution in [0.2, 0.25) is 0 Å². The lowest BCUT2D eigenvalue weighted by Gasteiger charge is -2.26. The number of nitrogens with zero attached hydrogens (tertiary/aromatic N) is 1. The number of hydrogen-bond donors (Lipinski definition) is 1. The van der Waals surface area contributed by atoms with Crippen molar-refractivity contribution in [1.29, 1.82) is 0 Å². The predicted octanol–water partition coefficient (Wildman–Crippen LogP) is 2.09. The number of amidine groups is 1. The first-order valence-corrected chi connectivity index (χ1v) is 4.78. The van der Waals surface area contributed by atoms with Gasteiger partial charge < -0.3 is 10.5 Å². The zero-order valence-electron chi connectivity index (χ0n) is 8.40. The molecular weight excluding hydrogens is 176 g/mol. The molecule has 0 saturated heterocycles. The first kappa shape index (κ1) is 9.06. The molecule has 14 heavy (non-hydrogen) atoms. The maximum absolute atomic E-state index is 5.82. The van der Waals surface area contributed by atoms with Gasteiger partial charge in [-0.25, -0.2) is 4.99 Å². The first-order chi connectivity index (χ1) is 6.68. The van der Waals surface area contributed by atoms with Crippen molar-refractivity contribution in [2.45, 2.75) is 20.0 Å². The van der Waals surface area contributed by atoms with E-state index in [0.717, 1.165) is 11.4 Å². The minimum absolute atomic E-state index is 0.0927. The summed E-state index contributed by atoms with van der Waals surface area (Å²) < 4.78 is 5.75. The SMILES string of the molecule is CC(C)C1Oc2ccccc2N=C1N. The van der Waals surface area contributed by atoms with E-state index in [0.29, 0.717) is 11.8 Å². The summed E-state index contributed by atoms with van der Waals surface area (Å²) in [4.78, 5) is 4.32. The maximum Gasteiger partial charge on any atom is 0.158 e. The Hall–Kier alpha value is -1.51. The fraction of sp³-hybridized carbons (Fsp3) is 0.364. The van der Waals surface area contributed by atoms with Crippen molar-refractivity contribution in [2.75, 3.05) is 0 Å². The van der Waals surface area contributed by atoms with Crippen molar-refractivity contribution < 1.29 is 4.74 Å². The number of benzene rings is 1. The monoisotopic (exact) mass is 190 g/mol. The molecule has 1 atom stereocenters. The highest BCUT2D eigenvalue weighted by Crippen LogP contribution is 2.32. The molecule has 1 aliphatic heterocycles. The third kappa shape index (κ3) is 1.45. The van der Waals surface area contributed by atoms with Crippen LogP contribution in [0.3, 0.4) is 0 Å². The fourth-order valence-corrected chi connectivity index (χ4v) is 1.53. The number of nitrogens with two attached hydrogens (primary N) is 1. The van der Waals surface area contributed by atoms with Gasteiger partial charge in [-0.15, -0.1) is 0 Å². The number of hydrogen-bond acceptors (Lipinski definition) is 3. The molecule has 0 amide bonds. The average molecular weight is 190 g/mol. The Balaban J connectivity index is 2.38. The van der Waals surface area contributed by atoms with Crippen LogP contribution in [0.4, 0.5) is 5.69 Å². The van der Waals surface area contributed by atoms with E-state index in [2.05, 4.69) is 18.8 Å². The third-order valence-corrected chi connectivity index (χ3v) is 2.27. The molecule has 0 fully saturated rings. The molecular formula is C11H14N2O. The third-order valence-electron chi connectivity index (χ3n) is 2.27. The van der Waals surface area contributed by atoms with Crippen molar-refractivity contribution in [2.24, 2.45) is 16.6 Å². The minimum Gasteiger partial charge on any atom is -0.480 e. The van der Waals surface area contributed by atoms with Crippen molar-refractivity contribution in [3.8, 4) is 5.75 Å². The van der Waals surface area contributed by atoms with Gasteiger partial charge in [0.15, 0.2) is 6.10 Å². The highest BCUT2D eigenvalue weighted by molar-refractivity contribution is 5.90. The molecule has 3 heteroatoms. The number of rotatable bonds is 1. The van der Waals surface area contributed by atoms with Gasteiger partial charge in [-0.2, -0.15) is 0 Å². The Bertz CT molecular complexity index is 371. The van der Waals surface area contributed by atoms with Crippen LogP contribution >= 0.6 is 0 Å². The van der Waals surface area contributed by atoms with E-state index in [1.165, 1.54) is 0 Å². The molecule has 1 unspecified atom stereocenters. The van der Waals surface area contributed by atoms with Crippen LogP contribution in [0.5, 0.6) is 5.75 Å². The second-order valence-electron chi connectivity index (χ2n) is 3.79. The summed E-state index contributed by atoms with van der Waals surface area (Å²) in [6.45, 7) is 4.14. The van der Waals surface area contributed by atoms with Gasteiger partial charge in [0, 0.05) is 0 Å². The van der Waals surface area contributed by atoms with Crippen LogP contribution in [0, 0.1) is 5.92 Å². The Morgan fingerprint density at radius 1 is 1.36 bits per heavy atom. The summed E-state index contributed by atoms with van der Waals surface area (Å²) in [5.74, 6) is 1.73. The summed E-state index contributed by atoms with van der Waals surface area (Å²) in [6, 6.07) is 7.68. The number of ether oxygens (including phenoxy) is 1. The van der Waals surface area contributed by atoms with Gasteiger partial charge in [0.25, 0.3) is 0 Å². The van der Waals surface area contributed by atoms with E-state index in [4.69, 9.17) is 10.5 Å². The van der Waals surface area contributed by atoms with Crippen LogP contribution in [0.15, 0.2) is 29.3 Å². The highest BCUT2D eigenvalue weighted by Gasteiger charge is 2.24. The standard InChI is InChI=1S/C11H14N2O/c1-7(2)10-11(12)13-8-5-3-4-6-9(8)14-10/h3-7,10H,1-2H3,(H2,12,13). The summed E-state index contributed by atoms with van der Waals surface area (Å²) in [6.07, 6.45) is -0.0927. The van der Waals surface area contributed by atoms with Gasteiger partial charge in [0.2, 0.25) is 0 Å². The minimum atomic E-state index is -0.0927. The van der Waals surface area contributed by atoms with Crippen LogP contribution in [0.25, 0.3) is 0 Å². The molecule has 1 aromatic carbocycles. The van der Waals surface area contributed by atoms with Gasteiger partial charge in [0.05, 0.1) is 0 Å². The smallest absolute Gasteiger partial charge is 0.158 e. The number of aliphatic imine (C=N–C) groups is 1. The summed E-state index contributed by atoms with van der Waals surface area (Å²) in [5, 5.41) is 0. The largest absolute Gasteiger partial charge is 0.480 e. The molecule has 1 heterocycles. The molecule has 0 bridgehead atoms. The molecule has 0 saturated carbocycles. The maximum atomic E-state index is 5.82. The molecule has 1 aromatic rings. The fourth-order valence-electron chi connectivity index (χ4n) is 1.53. The lowest BCUT2D eigenvalue weighted by atomic mass is 10.1. The van der Waals surface area contributed by atoms with Gasteiger partial charge in [-0.1, -0.05) is 26.0 Å². The molecule has 0 spiro atoms. The van der Waals surface area contributed by atoms with E-state index in [9.17, 15) is 0 Å². The van der Waals surface area contributed by atoms with E-state index < -0.39 is 0 Å². The highest BCUT2D eigenvalue weighted by atomic mass is 16.5. The summed E-state index contributed by atoms with van der Waals surface area (Å²) in [5.41, 5.74) is 6.64. The number of para-hydroxylation sites is 2. The Labute approximate surface area is 83.6 Å². The van der Waals surface area contributed by atoms with Crippen molar-refractivity contribution >= 4 is 11.5 Å². The van der Waals surface area contributed by atoms with Gasteiger partial charge in [-0.3, -0.25) is 0 Å². The Kier molecular flexibility index (Phi) is 2.15. The molecule has 0 aliphatic carbocycles. The average Bonchev–Trinajstić information content (AvgIpc) is 2.16. The van der Waals surface area contributed by atoms with E-state index in [1.807, 2.05) is 24.3 Å². The number of fused-ring (bicyclic) bond motifs is 1. The molecule has 74 valence electrons. The zero-order chi connectivity index (χ0) is 10.1. The Morgan fingerprint density at radius 2 is 2.07 bits per heavy atom. The van der Waals surface area contributed by atoms with Crippen LogP contribution < -0.4 is 10.5 Å². The zero-order valence-corrected chi connectivity index (χ0v) is 8.40. The topological polar surface area (TPSA) is 47.6 Å². The Morgan fingerprint density at radius 3 is 2.79 bits per heavy atom. The van der Waals surface area contributed by atoms with Crippen molar-refractivity contribution in [3.05, 3.63) is 24.3 Å². The lowest BCUT2D eigenvalue weighted by molar-refractivity contribution is 0.210. The van der Waals surface area contributed by atoms with Crippen molar-refractivity contribution in [1.82, 2.24) is 0 Å². The summed E-state index contributed by atoms with van der Waals surface area (Å²) in [7, 11) is 0. The second-order valence-corrected chi connectivity index (χ2v) is 3.79. The normalized spacial score (nSPS) is 19.9. The second kappa shape index (κ2) is 3.33. The van der Waals surface area contributed by atoms with Gasteiger partial charge in [0.1, 0.15) is 17.3 Å². The molecule has 2 N–H and O–H groups in total. The van der Waals surface area contributed by atoms with Crippen LogP contribution in [0.1, 0.15) is 13.8 Å². The molecule has 1 aliphatic rings. The lowest BCUT2D eigenvalue weighted by Crippen LogP contribution is -2.39. The molecule has 2 rings (SSSR count). The quantitative estimate of drug-likeness (QED) is 0.737. The molecule has 3 nitrogen and oxygen atoms in total. The van der Waals surface area contributed by atoms with E-state index >= 15 is 0 Å².